The molecule has 2 heterocycles. The van der Waals surface area contributed by atoms with Gasteiger partial charge >= 0.3 is 5.97 Å². The first-order valence-electron chi connectivity index (χ1n) is 7.98. The van der Waals surface area contributed by atoms with E-state index in [1.165, 1.54) is 6.42 Å². The van der Waals surface area contributed by atoms with Crippen LogP contribution in [0.4, 0.5) is 0 Å². The molecule has 6 heteroatoms. The lowest BCUT2D eigenvalue weighted by Gasteiger charge is -2.32. The Balaban J connectivity index is 1.67. The van der Waals surface area contributed by atoms with Crippen LogP contribution in [0.2, 0.25) is 0 Å². The largest absolute Gasteiger partial charge is 0.481 e. The normalized spacial score (nSPS) is 24.0. The van der Waals surface area contributed by atoms with E-state index in [4.69, 9.17) is 5.11 Å². The Bertz CT molecular complexity index is 359. The molecule has 5 nitrogen and oxygen atoms in total. The highest BCUT2D eigenvalue weighted by Gasteiger charge is 2.23. The average molecular weight is 314 g/mol. The molecule has 0 aliphatic carbocycles. The molecule has 2 rings (SSSR count). The number of hydrogen-bond donors (Lipinski definition) is 1. The van der Waals surface area contributed by atoms with Crippen molar-refractivity contribution in [1.82, 2.24) is 9.80 Å². The van der Waals surface area contributed by atoms with Crippen LogP contribution in [0.5, 0.6) is 0 Å². The van der Waals surface area contributed by atoms with Crippen LogP contribution in [0.15, 0.2) is 0 Å². The predicted octanol–water partition coefficient (Wildman–Crippen LogP) is 1.67. The highest BCUT2D eigenvalue weighted by atomic mass is 32.2. The fraction of sp³-hybridized carbons (Fsp3) is 0.867. The van der Waals surface area contributed by atoms with Gasteiger partial charge in [0.1, 0.15) is 0 Å². The highest BCUT2D eigenvalue weighted by molar-refractivity contribution is 8.00. The van der Waals surface area contributed by atoms with E-state index in [1.807, 2.05) is 4.90 Å². The highest BCUT2D eigenvalue weighted by Crippen LogP contribution is 2.23. The fourth-order valence-electron chi connectivity index (χ4n) is 3.03. The maximum atomic E-state index is 12.2. The van der Waals surface area contributed by atoms with E-state index in [0.717, 1.165) is 51.9 Å². The molecule has 0 radical (unpaired) electrons. The molecule has 0 aromatic rings. The number of carboxylic acids is 1. The zero-order valence-corrected chi connectivity index (χ0v) is 13.4. The fourth-order valence-corrected chi connectivity index (χ4v) is 4.24. The van der Waals surface area contributed by atoms with Crippen LogP contribution < -0.4 is 0 Å². The summed E-state index contributed by atoms with van der Waals surface area (Å²) in [5, 5.41) is 9.22. The zero-order chi connectivity index (χ0) is 15.1. The molecule has 0 aromatic heterocycles. The molecule has 0 aromatic carbocycles. The Kier molecular flexibility index (Phi) is 6.83. The second-order valence-electron chi connectivity index (χ2n) is 5.96. The number of piperidine rings is 2. The van der Waals surface area contributed by atoms with Gasteiger partial charge in [-0.3, -0.25) is 9.59 Å². The van der Waals surface area contributed by atoms with Crippen molar-refractivity contribution in [3.8, 4) is 0 Å². The number of carboxylic acid groups (broad SMARTS) is 1. The molecule has 1 atom stereocenters. The number of hydrogen-bond acceptors (Lipinski definition) is 4. The first-order chi connectivity index (χ1) is 10.1. The van der Waals surface area contributed by atoms with Crippen molar-refractivity contribution in [2.45, 2.75) is 43.8 Å². The minimum Gasteiger partial charge on any atom is -0.481 e. The van der Waals surface area contributed by atoms with Crippen molar-refractivity contribution < 1.29 is 14.7 Å². The minimum absolute atomic E-state index is 0.212. The summed E-state index contributed by atoms with van der Waals surface area (Å²) in [6, 6.07) is 0. The predicted molar refractivity (Wildman–Crippen MR) is 84.6 cm³/mol. The summed E-state index contributed by atoms with van der Waals surface area (Å²) in [7, 11) is 0. The molecular formula is C15H26N2O3S. The van der Waals surface area contributed by atoms with Gasteiger partial charge in [0.15, 0.2) is 0 Å². The molecular weight excluding hydrogens is 288 g/mol. The maximum Gasteiger partial charge on any atom is 0.304 e. The summed E-state index contributed by atoms with van der Waals surface area (Å²) < 4.78 is 0. The number of likely N-dealkylation sites (tertiary alicyclic amines) is 2. The quantitative estimate of drug-likeness (QED) is 0.808. The van der Waals surface area contributed by atoms with E-state index in [1.54, 1.807) is 11.8 Å². The minimum atomic E-state index is -0.731. The van der Waals surface area contributed by atoms with Gasteiger partial charge in [0.05, 0.1) is 12.2 Å². The standard InChI is InChI=1S/C15H26N2O3S/c18-14(17-8-2-1-3-9-17)12-21-13-5-4-7-16(11-13)10-6-15(19)20/h13H,1-12H2,(H,19,20). The van der Waals surface area contributed by atoms with Crippen LogP contribution in [0.25, 0.3) is 0 Å². The SMILES string of the molecule is O=C(O)CCN1CCCC(SCC(=O)N2CCCCC2)C1. The molecule has 1 amide bonds. The van der Waals surface area contributed by atoms with Crippen LogP contribution in [-0.4, -0.2) is 70.5 Å². The number of carbonyl (C=O) groups is 2. The average Bonchev–Trinajstić information content (AvgIpc) is 2.52. The van der Waals surface area contributed by atoms with Crippen molar-refractivity contribution in [2.24, 2.45) is 0 Å². The molecule has 1 N–H and O–H groups in total. The Morgan fingerprint density at radius 2 is 1.86 bits per heavy atom. The summed E-state index contributed by atoms with van der Waals surface area (Å²) in [5.74, 6) is 0.129. The monoisotopic (exact) mass is 314 g/mol. The topological polar surface area (TPSA) is 60.9 Å². The van der Waals surface area contributed by atoms with Gasteiger partial charge in [-0.05, 0) is 38.6 Å². The lowest BCUT2D eigenvalue weighted by Crippen LogP contribution is -2.40. The van der Waals surface area contributed by atoms with Crippen LogP contribution >= 0.6 is 11.8 Å². The third-order valence-corrected chi connectivity index (χ3v) is 5.53. The van der Waals surface area contributed by atoms with Crippen molar-refractivity contribution in [3.63, 3.8) is 0 Å². The van der Waals surface area contributed by atoms with Crippen LogP contribution in [0.1, 0.15) is 38.5 Å². The van der Waals surface area contributed by atoms with E-state index < -0.39 is 5.97 Å². The van der Waals surface area contributed by atoms with Gasteiger partial charge in [0.25, 0.3) is 0 Å². The molecule has 2 aliphatic heterocycles. The van der Waals surface area contributed by atoms with Gasteiger partial charge in [-0.2, -0.15) is 0 Å². The zero-order valence-electron chi connectivity index (χ0n) is 12.6. The second kappa shape index (κ2) is 8.63. The number of nitrogens with zero attached hydrogens (tertiary/aromatic N) is 2. The molecule has 0 spiro atoms. The van der Waals surface area contributed by atoms with E-state index >= 15 is 0 Å². The third-order valence-electron chi connectivity index (χ3n) is 4.26. The molecule has 0 saturated carbocycles. The van der Waals surface area contributed by atoms with Crippen molar-refractivity contribution in [3.05, 3.63) is 0 Å². The molecule has 2 fully saturated rings. The van der Waals surface area contributed by atoms with Crippen molar-refractivity contribution >= 4 is 23.6 Å². The summed E-state index contributed by atoms with van der Waals surface area (Å²) in [5.41, 5.74) is 0. The lowest BCUT2D eigenvalue weighted by molar-refractivity contribution is -0.137. The lowest BCUT2D eigenvalue weighted by atomic mass is 10.1. The Morgan fingerprint density at radius 3 is 2.57 bits per heavy atom. The summed E-state index contributed by atoms with van der Waals surface area (Å²) in [4.78, 5) is 27.0. The Hall–Kier alpha value is -0.750. The van der Waals surface area contributed by atoms with Crippen molar-refractivity contribution in [1.29, 1.82) is 0 Å². The maximum absolute atomic E-state index is 12.2. The van der Waals surface area contributed by atoms with Crippen molar-refractivity contribution in [2.75, 3.05) is 38.5 Å². The Labute approximate surface area is 131 Å². The van der Waals surface area contributed by atoms with E-state index in [0.29, 0.717) is 17.5 Å². The molecule has 2 saturated heterocycles. The van der Waals surface area contributed by atoms with E-state index in [9.17, 15) is 9.59 Å². The summed E-state index contributed by atoms with van der Waals surface area (Å²) in [6.07, 6.45) is 5.99. The van der Waals surface area contributed by atoms with Crippen LogP contribution in [0, 0.1) is 0 Å². The molecule has 2 aliphatic rings. The smallest absolute Gasteiger partial charge is 0.304 e. The van der Waals surface area contributed by atoms with E-state index in [-0.39, 0.29) is 12.3 Å². The van der Waals surface area contributed by atoms with Crippen LogP contribution in [-0.2, 0) is 9.59 Å². The van der Waals surface area contributed by atoms with Crippen LogP contribution in [0.3, 0.4) is 0 Å². The number of amides is 1. The molecule has 120 valence electrons. The van der Waals surface area contributed by atoms with Gasteiger partial charge in [0.2, 0.25) is 5.91 Å². The summed E-state index contributed by atoms with van der Waals surface area (Å²) in [6.45, 7) is 4.39. The van der Waals surface area contributed by atoms with Gasteiger partial charge in [-0.15, -0.1) is 11.8 Å². The van der Waals surface area contributed by atoms with Gasteiger partial charge in [-0.1, -0.05) is 0 Å². The number of rotatable bonds is 6. The number of aliphatic carboxylic acids is 1. The number of carbonyl (C=O) groups excluding carboxylic acids is 1. The molecule has 1 unspecified atom stereocenters. The first-order valence-corrected chi connectivity index (χ1v) is 9.03. The third kappa shape index (κ3) is 5.87. The van der Waals surface area contributed by atoms with Gasteiger partial charge in [0, 0.05) is 31.4 Å². The van der Waals surface area contributed by atoms with E-state index in [2.05, 4.69) is 4.90 Å². The van der Waals surface area contributed by atoms with Gasteiger partial charge in [-0.25, -0.2) is 0 Å². The number of thioether (sulfide) groups is 1. The molecule has 21 heavy (non-hydrogen) atoms. The molecule has 0 bridgehead atoms. The van der Waals surface area contributed by atoms with Gasteiger partial charge < -0.3 is 14.9 Å². The Morgan fingerprint density at radius 1 is 1.10 bits per heavy atom. The summed E-state index contributed by atoms with van der Waals surface area (Å²) >= 11 is 1.76. The first kappa shape index (κ1) is 16.6. The second-order valence-corrected chi connectivity index (χ2v) is 7.25.